The van der Waals surface area contributed by atoms with Gasteiger partial charge in [0.15, 0.2) is 11.6 Å². The predicted molar refractivity (Wildman–Crippen MR) is 84.3 cm³/mol. The highest BCUT2D eigenvalue weighted by Crippen LogP contribution is 2.26. The molecule has 112 valence electrons. The van der Waals surface area contributed by atoms with Crippen molar-refractivity contribution in [3.05, 3.63) is 65.0 Å². The van der Waals surface area contributed by atoms with Gasteiger partial charge in [-0.3, -0.25) is 0 Å². The Morgan fingerprint density at radius 1 is 1.05 bits per heavy atom. The van der Waals surface area contributed by atoms with Crippen molar-refractivity contribution in [2.24, 2.45) is 0 Å². The lowest BCUT2D eigenvalue weighted by Gasteiger charge is -2.20. The molecule has 0 spiro atoms. The highest BCUT2D eigenvalue weighted by atomic mass is 19.1. The summed E-state index contributed by atoms with van der Waals surface area (Å²) < 4.78 is 18.9. The molecule has 0 aromatic heterocycles. The minimum absolute atomic E-state index is 0.0127. The van der Waals surface area contributed by atoms with Gasteiger partial charge in [0.1, 0.15) is 0 Å². The molecule has 0 radical (unpaired) electrons. The first-order valence-corrected chi connectivity index (χ1v) is 7.35. The Morgan fingerprint density at radius 2 is 1.71 bits per heavy atom. The maximum atomic E-state index is 13.9. The van der Waals surface area contributed by atoms with Crippen molar-refractivity contribution in [1.29, 1.82) is 0 Å². The Balaban J connectivity index is 2.35. The van der Waals surface area contributed by atoms with Crippen LogP contribution in [-0.2, 0) is 6.42 Å². The van der Waals surface area contributed by atoms with Crippen molar-refractivity contribution < 1.29 is 9.13 Å². The van der Waals surface area contributed by atoms with E-state index in [2.05, 4.69) is 36.5 Å². The fourth-order valence-electron chi connectivity index (χ4n) is 2.44. The molecular weight excluding hydrogens is 265 g/mol. The number of hydrogen-bond acceptors (Lipinski definition) is 2. The Bertz CT molecular complexity index is 580. The van der Waals surface area contributed by atoms with E-state index >= 15 is 0 Å². The second-order valence-electron chi connectivity index (χ2n) is 4.98. The van der Waals surface area contributed by atoms with Gasteiger partial charge in [-0.05, 0) is 41.8 Å². The van der Waals surface area contributed by atoms with Crippen LogP contribution in [0.15, 0.2) is 42.5 Å². The summed E-state index contributed by atoms with van der Waals surface area (Å²) in [7, 11) is 1.48. The van der Waals surface area contributed by atoms with Crippen molar-refractivity contribution in [1.82, 2.24) is 5.32 Å². The number of ether oxygens (including phenoxy) is 1. The number of aryl methyl sites for hydroxylation is 1. The molecule has 21 heavy (non-hydrogen) atoms. The normalized spacial score (nSPS) is 12.2. The highest BCUT2D eigenvalue weighted by Gasteiger charge is 2.15. The molecule has 2 nitrogen and oxygen atoms in total. The van der Waals surface area contributed by atoms with Gasteiger partial charge in [0.25, 0.3) is 0 Å². The quantitative estimate of drug-likeness (QED) is 0.864. The molecule has 1 N–H and O–H groups in total. The molecule has 0 aliphatic rings. The minimum atomic E-state index is -0.330. The second-order valence-corrected chi connectivity index (χ2v) is 4.98. The van der Waals surface area contributed by atoms with Crippen LogP contribution in [-0.4, -0.2) is 13.7 Å². The number of methoxy groups -OCH3 is 1. The third kappa shape index (κ3) is 3.61. The summed E-state index contributed by atoms with van der Waals surface area (Å²) in [6.45, 7) is 5.00. The smallest absolute Gasteiger partial charge is 0.165 e. The Morgan fingerprint density at radius 3 is 2.24 bits per heavy atom. The zero-order valence-corrected chi connectivity index (χ0v) is 12.8. The largest absolute Gasteiger partial charge is 0.494 e. The van der Waals surface area contributed by atoms with Crippen LogP contribution in [0.25, 0.3) is 0 Å². The first kappa shape index (κ1) is 15.5. The summed E-state index contributed by atoms with van der Waals surface area (Å²) in [4.78, 5) is 0. The Hall–Kier alpha value is -1.87. The average Bonchev–Trinajstić information content (AvgIpc) is 2.52. The molecule has 0 saturated carbocycles. The number of halogens is 1. The van der Waals surface area contributed by atoms with Gasteiger partial charge in [0, 0.05) is 0 Å². The van der Waals surface area contributed by atoms with Crippen molar-refractivity contribution in [2.45, 2.75) is 26.3 Å². The fraction of sp³-hybridized carbons (Fsp3) is 0.333. The van der Waals surface area contributed by atoms with Crippen LogP contribution in [0.1, 0.15) is 36.6 Å². The van der Waals surface area contributed by atoms with Crippen LogP contribution in [0.3, 0.4) is 0 Å². The summed E-state index contributed by atoms with van der Waals surface area (Å²) >= 11 is 0. The average molecular weight is 287 g/mol. The van der Waals surface area contributed by atoms with Gasteiger partial charge in [-0.15, -0.1) is 0 Å². The van der Waals surface area contributed by atoms with Gasteiger partial charge in [-0.25, -0.2) is 4.39 Å². The Labute approximate surface area is 126 Å². The van der Waals surface area contributed by atoms with Crippen LogP contribution < -0.4 is 10.1 Å². The van der Waals surface area contributed by atoms with Gasteiger partial charge < -0.3 is 10.1 Å². The zero-order chi connectivity index (χ0) is 15.2. The second kappa shape index (κ2) is 7.23. The molecule has 0 saturated heterocycles. The summed E-state index contributed by atoms with van der Waals surface area (Å²) in [6.07, 6.45) is 1.02. The summed E-state index contributed by atoms with van der Waals surface area (Å²) in [5.41, 5.74) is 3.34. The zero-order valence-electron chi connectivity index (χ0n) is 12.8. The molecule has 1 unspecified atom stereocenters. The minimum Gasteiger partial charge on any atom is -0.494 e. The molecule has 0 bridgehead atoms. The summed E-state index contributed by atoms with van der Waals surface area (Å²) in [6, 6.07) is 13.6. The topological polar surface area (TPSA) is 21.3 Å². The maximum absolute atomic E-state index is 13.9. The number of rotatable bonds is 6. The van der Waals surface area contributed by atoms with Gasteiger partial charge in [-0.2, -0.15) is 0 Å². The molecule has 0 heterocycles. The lowest BCUT2D eigenvalue weighted by molar-refractivity contribution is 0.385. The van der Waals surface area contributed by atoms with Gasteiger partial charge >= 0.3 is 0 Å². The fourth-order valence-corrected chi connectivity index (χ4v) is 2.44. The van der Waals surface area contributed by atoms with E-state index in [1.54, 1.807) is 12.1 Å². The first-order valence-electron chi connectivity index (χ1n) is 7.35. The van der Waals surface area contributed by atoms with Crippen LogP contribution >= 0.6 is 0 Å². The molecule has 1 atom stereocenters. The maximum Gasteiger partial charge on any atom is 0.165 e. The third-order valence-corrected chi connectivity index (χ3v) is 3.64. The molecule has 0 aliphatic heterocycles. The van der Waals surface area contributed by atoms with Crippen LogP contribution in [0, 0.1) is 5.82 Å². The molecule has 2 aromatic rings. The van der Waals surface area contributed by atoms with Gasteiger partial charge in [-0.1, -0.05) is 44.2 Å². The van der Waals surface area contributed by atoms with Crippen molar-refractivity contribution in [3.63, 3.8) is 0 Å². The van der Waals surface area contributed by atoms with Crippen LogP contribution in [0.4, 0.5) is 4.39 Å². The number of hydrogen-bond donors (Lipinski definition) is 1. The van der Waals surface area contributed by atoms with Crippen molar-refractivity contribution in [2.75, 3.05) is 13.7 Å². The van der Waals surface area contributed by atoms with E-state index in [0.717, 1.165) is 24.1 Å². The van der Waals surface area contributed by atoms with E-state index < -0.39 is 0 Å². The van der Waals surface area contributed by atoms with Gasteiger partial charge in [0.05, 0.1) is 13.2 Å². The Kier molecular flexibility index (Phi) is 5.34. The molecule has 2 rings (SSSR count). The molecular formula is C18H22FNO. The lowest BCUT2D eigenvalue weighted by Crippen LogP contribution is -2.22. The third-order valence-electron chi connectivity index (χ3n) is 3.64. The van der Waals surface area contributed by atoms with E-state index in [9.17, 15) is 4.39 Å². The molecule has 0 amide bonds. The van der Waals surface area contributed by atoms with Crippen molar-refractivity contribution in [3.8, 4) is 5.75 Å². The van der Waals surface area contributed by atoms with E-state index in [4.69, 9.17) is 4.74 Å². The monoisotopic (exact) mass is 287 g/mol. The SMILES string of the molecule is CCNC(c1ccc(CC)cc1)c1ccc(OC)c(F)c1. The molecule has 2 aromatic carbocycles. The first-order chi connectivity index (χ1) is 10.2. The van der Waals surface area contributed by atoms with E-state index in [0.29, 0.717) is 0 Å². The highest BCUT2D eigenvalue weighted by molar-refractivity contribution is 5.37. The van der Waals surface area contributed by atoms with Gasteiger partial charge in [0.2, 0.25) is 0 Å². The van der Waals surface area contributed by atoms with E-state index in [-0.39, 0.29) is 17.6 Å². The van der Waals surface area contributed by atoms with Crippen LogP contribution in [0.5, 0.6) is 5.75 Å². The van der Waals surface area contributed by atoms with E-state index in [1.807, 2.05) is 13.0 Å². The molecule has 0 aliphatic carbocycles. The number of benzene rings is 2. The summed E-state index contributed by atoms with van der Waals surface area (Å²) in [5.74, 6) is -0.0570. The summed E-state index contributed by atoms with van der Waals surface area (Å²) in [5, 5.41) is 3.41. The van der Waals surface area contributed by atoms with E-state index in [1.165, 1.54) is 12.7 Å². The standard InChI is InChI=1S/C18H22FNO/c1-4-13-6-8-14(9-7-13)18(20-5-2)15-10-11-17(21-3)16(19)12-15/h6-12,18,20H,4-5H2,1-3H3. The van der Waals surface area contributed by atoms with Crippen molar-refractivity contribution >= 4 is 0 Å². The predicted octanol–water partition coefficient (Wildman–Crippen LogP) is 4.10. The molecule has 3 heteroatoms. The molecule has 0 fully saturated rings. The van der Waals surface area contributed by atoms with Crippen LogP contribution in [0.2, 0.25) is 0 Å². The number of nitrogens with one attached hydrogen (secondary N) is 1. The lowest BCUT2D eigenvalue weighted by atomic mass is 9.97.